The van der Waals surface area contributed by atoms with Crippen molar-refractivity contribution in [2.24, 2.45) is 4.99 Å². The average molecular weight is 459 g/mol. The summed E-state index contributed by atoms with van der Waals surface area (Å²) in [7, 11) is 1.71. The Morgan fingerprint density at radius 1 is 1.24 bits per heavy atom. The summed E-state index contributed by atoms with van der Waals surface area (Å²) < 4.78 is 16.5. The van der Waals surface area contributed by atoms with Gasteiger partial charge < -0.3 is 13.9 Å². The van der Waals surface area contributed by atoms with Crippen molar-refractivity contribution in [3.63, 3.8) is 0 Å². The van der Waals surface area contributed by atoms with Gasteiger partial charge in [-0.25, -0.2) is 9.78 Å². The van der Waals surface area contributed by atoms with Crippen LogP contribution in [0.5, 0.6) is 5.88 Å². The third-order valence-corrected chi connectivity index (χ3v) is 5.68. The van der Waals surface area contributed by atoms with Crippen LogP contribution in [-0.4, -0.2) is 30.8 Å². The Bertz CT molecular complexity index is 1240. The molecule has 4 rings (SSSR count). The van der Waals surface area contributed by atoms with Crippen molar-refractivity contribution in [3.8, 4) is 27.6 Å². The standard InChI is InChI=1S/C26H22N2O4S/c1-3-11-31-26(29)19-8-6-18(7-9-19)16-32-25-22(15-27-2)21(20-10-12-30-17-20)14-23(28-25)24-5-4-13-33-24/h3-10,12-15,17H,1,11,16H2,2H3. The minimum absolute atomic E-state index is 0.177. The zero-order valence-corrected chi connectivity index (χ0v) is 18.9. The molecule has 0 fully saturated rings. The Balaban J connectivity index is 1.64. The highest BCUT2D eigenvalue weighted by Crippen LogP contribution is 2.35. The van der Waals surface area contributed by atoms with E-state index in [9.17, 15) is 4.79 Å². The molecule has 166 valence electrons. The van der Waals surface area contributed by atoms with E-state index < -0.39 is 0 Å². The number of hydrogen-bond acceptors (Lipinski definition) is 7. The topological polar surface area (TPSA) is 73.9 Å². The Hall–Kier alpha value is -3.97. The number of ether oxygens (including phenoxy) is 2. The second-order valence-corrected chi connectivity index (χ2v) is 7.97. The van der Waals surface area contributed by atoms with Gasteiger partial charge in [0.05, 0.1) is 34.2 Å². The van der Waals surface area contributed by atoms with Gasteiger partial charge in [-0.2, -0.15) is 0 Å². The maximum Gasteiger partial charge on any atom is 0.338 e. The highest BCUT2D eigenvalue weighted by Gasteiger charge is 2.17. The van der Waals surface area contributed by atoms with Gasteiger partial charge in [0.25, 0.3) is 0 Å². The van der Waals surface area contributed by atoms with Crippen molar-refractivity contribution in [1.82, 2.24) is 4.98 Å². The van der Waals surface area contributed by atoms with Crippen molar-refractivity contribution < 1.29 is 18.7 Å². The molecule has 0 aliphatic carbocycles. The highest BCUT2D eigenvalue weighted by molar-refractivity contribution is 7.13. The SMILES string of the molecule is C=CCOC(=O)c1ccc(COc2nc(-c3cccs3)cc(-c3ccoc3)c2C=NC)cc1. The predicted molar refractivity (Wildman–Crippen MR) is 130 cm³/mol. The zero-order chi connectivity index (χ0) is 23.0. The molecule has 7 heteroatoms. The normalized spacial score (nSPS) is 10.9. The molecule has 0 unspecified atom stereocenters. The van der Waals surface area contributed by atoms with Crippen LogP contribution in [0.4, 0.5) is 0 Å². The van der Waals surface area contributed by atoms with E-state index in [4.69, 9.17) is 18.9 Å². The van der Waals surface area contributed by atoms with E-state index in [2.05, 4.69) is 11.6 Å². The first-order chi connectivity index (χ1) is 16.2. The molecule has 0 amide bonds. The van der Waals surface area contributed by atoms with Crippen LogP contribution >= 0.6 is 11.3 Å². The van der Waals surface area contributed by atoms with Crippen LogP contribution in [0, 0.1) is 0 Å². The summed E-state index contributed by atoms with van der Waals surface area (Å²) in [6, 6.07) is 15.0. The molecule has 0 N–H and O–H groups in total. The van der Waals surface area contributed by atoms with Crippen LogP contribution in [0.15, 0.2) is 88.5 Å². The van der Waals surface area contributed by atoms with Gasteiger partial charge in [0.15, 0.2) is 0 Å². The fourth-order valence-electron chi connectivity index (χ4n) is 3.21. The summed E-state index contributed by atoms with van der Waals surface area (Å²) in [5.41, 5.74) is 4.77. The lowest BCUT2D eigenvalue weighted by molar-refractivity contribution is 0.0549. The van der Waals surface area contributed by atoms with Crippen LogP contribution in [0.1, 0.15) is 21.5 Å². The summed E-state index contributed by atoms with van der Waals surface area (Å²) in [5.74, 6) is 0.0797. The quantitative estimate of drug-likeness (QED) is 0.174. The number of nitrogens with zero attached hydrogens (tertiary/aromatic N) is 2. The number of aromatic nitrogens is 1. The number of thiophene rings is 1. The molecule has 33 heavy (non-hydrogen) atoms. The number of aliphatic imine (C=N–C) groups is 1. The molecular formula is C26H22N2O4S. The molecule has 0 radical (unpaired) electrons. The molecule has 0 saturated carbocycles. The first-order valence-corrected chi connectivity index (χ1v) is 11.1. The Kier molecular flexibility index (Phi) is 7.12. The second kappa shape index (κ2) is 10.6. The molecule has 3 heterocycles. The minimum atomic E-state index is -0.390. The largest absolute Gasteiger partial charge is 0.472 e. The number of pyridine rings is 1. The van der Waals surface area contributed by atoms with Crippen LogP contribution < -0.4 is 4.74 Å². The Labute approximate surface area is 195 Å². The van der Waals surface area contributed by atoms with Crippen LogP contribution in [0.3, 0.4) is 0 Å². The summed E-state index contributed by atoms with van der Waals surface area (Å²) in [6.45, 7) is 4.00. The van der Waals surface area contributed by atoms with E-state index in [0.29, 0.717) is 11.4 Å². The molecular weight excluding hydrogens is 436 g/mol. The second-order valence-electron chi connectivity index (χ2n) is 7.02. The van der Waals surface area contributed by atoms with Gasteiger partial charge in [-0.1, -0.05) is 30.9 Å². The molecule has 0 bridgehead atoms. The zero-order valence-electron chi connectivity index (χ0n) is 18.1. The Morgan fingerprint density at radius 2 is 2.09 bits per heavy atom. The highest BCUT2D eigenvalue weighted by atomic mass is 32.1. The van der Waals surface area contributed by atoms with Crippen molar-refractivity contribution in [1.29, 1.82) is 0 Å². The maximum absolute atomic E-state index is 12.0. The van der Waals surface area contributed by atoms with Gasteiger partial charge in [-0.3, -0.25) is 4.99 Å². The molecule has 4 aromatic rings. The van der Waals surface area contributed by atoms with E-state index in [0.717, 1.165) is 32.8 Å². The van der Waals surface area contributed by atoms with Gasteiger partial charge in [0, 0.05) is 24.4 Å². The van der Waals surface area contributed by atoms with Crippen molar-refractivity contribution in [2.45, 2.75) is 6.61 Å². The van der Waals surface area contributed by atoms with Gasteiger partial charge >= 0.3 is 5.97 Å². The molecule has 0 spiro atoms. The van der Waals surface area contributed by atoms with E-state index in [1.54, 1.807) is 49.3 Å². The van der Waals surface area contributed by atoms with Gasteiger partial charge in [0.2, 0.25) is 5.88 Å². The van der Waals surface area contributed by atoms with E-state index in [-0.39, 0.29) is 19.2 Å². The lowest BCUT2D eigenvalue weighted by Crippen LogP contribution is -2.06. The number of carbonyl (C=O) groups excluding carboxylic acids is 1. The van der Waals surface area contributed by atoms with Crippen molar-refractivity contribution in [2.75, 3.05) is 13.7 Å². The predicted octanol–water partition coefficient (Wildman–Crippen LogP) is 6.04. The molecule has 0 saturated heterocycles. The number of hydrogen-bond donors (Lipinski definition) is 0. The van der Waals surface area contributed by atoms with Crippen LogP contribution in [0.25, 0.3) is 21.7 Å². The number of benzene rings is 1. The lowest BCUT2D eigenvalue weighted by Gasteiger charge is -2.14. The number of esters is 1. The molecule has 0 aliphatic heterocycles. The molecule has 0 aliphatic rings. The summed E-state index contributed by atoms with van der Waals surface area (Å²) in [4.78, 5) is 22.0. The third kappa shape index (κ3) is 5.27. The summed E-state index contributed by atoms with van der Waals surface area (Å²) >= 11 is 1.61. The lowest BCUT2D eigenvalue weighted by atomic mass is 10.0. The van der Waals surface area contributed by atoms with E-state index in [1.165, 1.54) is 6.08 Å². The molecule has 3 aromatic heterocycles. The van der Waals surface area contributed by atoms with E-state index in [1.807, 2.05) is 41.8 Å². The van der Waals surface area contributed by atoms with Crippen molar-refractivity contribution >= 4 is 23.5 Å². The molecule has 0 atom stereocenters. The number of carbonyl (C=O) groups is 1. The molecule has 6 nitrogen and oxygen atoms in total. The minimum Gasteiger partial charge on any atom is -0.472 e. The smallest absolute Gasteiger partial charge is 0.338 e. The van der Waals surface area contributed by atoms with Crippen LogP contribution in [-0.2, 0) is 11.3 Å². The van der Waals surface area contributed by atoms with Gasteiger partial charge in [-0.05, 0) is 41.3 Å². The number of rotatable bonds is 9. The van der Waals surface area contributed by atoms with Crippen LogP contribution in [0.2, 0.25) is 0 Å². The average Bonchev–Trinajstić information content (AvgIpc) is 3.57. The summed E-state index contributed by atoms with van der Waals surface area (Å²) in [5, 5.41) is 2.01. The van der Waals surface area contributed by atoms with Gasteiger partial charge in [0.1, 0.15) is 13.2 Å². The maximum atomic E-state index is 12.0. The molecule has 1 aromatic carbocycles. The first-order valence-electron chi connectivity index (χ1n) is 10.2. The fraction of sp³-hybridized carbons (Fsp3) is 0.115. The number of furan rings is 1. The Morgan fingerprint density at radius 3 is 2.76 bits per heavy atom. The summed E-state index contributed by atoms with van der Waals surface area (Å²) in [6.07, 6.45) is 6.60. The first kappa shape index (κ1) is 22.2. The fourth-order valence-corrected chi connectivity index (χ4v) is 3.90. The van der Waals surface area contributed by atoms with Crippen molar-refractivity contribution in [3.05, 3.63) is 95.8 Å². The third-order valence-electron chi connectivity index (χ3n) is 4.79. The van der Waals surface area contributed by atoms with E-state index >= 15 is 0 Å². The monoisotopic (exact) mass is 458 g/mol. The van der Waals surface area contributed by atoms with Gasteiger partial charge in [-0.15, -0.1) is 11.3 Å².